The van der Waals surface area contributed by atoms with Crippen molar-refractivity contribution in [3.63, 3.8) is 0 Å². The summed E-state index contributed by atoms with van der Waals surface area (Å²) in [7, 11) is 0. The summed E-state index contributed by atoms with van der Waals surface area (Å²) >= 11 is 0. The highest BCUT2D eigenvalue weighted by Gasteiger charge is 1.99. The number of halogens is 3. The van der Waals surface area contributed by atoms with Gasteiger partial charge < -0.3 is 0 Å². The Morgan fingerprint density at radius 1 is 1.50 bits per heavy atom. The topological polar surface area (TPSA) is 0 Å². The van der Waals surface area contributed by atoms with Crippen molar-refractivity contribution in [3.8, 4) is 0 Å². The third kappa shape index (κ3) is 3.79. The molecule has 0 N–H and O–H groups in total. The monoisotopic (exact) mass is 96.0 g/mol. The predicted octanol–water partition coefficient (Wildman–Crippen LogP) is 1.30. The minimum absolute atomic E-state index is 1.17. The molecule has 0 amide bonds. The lowest BCUT2D eigenvalue weighted by atomic mass is 10.5. The molecule has 0 atom stereocenters. The van der Waals surface area contributed by atoms with Crippen LogP contribution in [0.5, 0.6) is 0 Å². The van der Waals surface area contributed by atoms with E-state index in [2.05, 4.69) is 0 Å². The van der Waals surface area contributed by atoms with E-state index < -0.39 is 13.1 Å². The SMILES string of the molecule is FC[C]C(F)F. The number of hydrogen-bond acceptors (Lipinski definition) is 0. The smallest absolute Gasteiger partial charge is 0.248 e. The van der Waals surface area contributed by atoms with Gasteiger partial charge in [-0.1, -0.05) is 0 Å². The summed E-state index contributed by atoms with van der Waals surface area (Å²) in [5.74, 6) is 0. The summed E-state index contributed by atoms with van der Waals surface area (Å²) in [6.07, 6.45) is -1.52. The second-order valence-corrected chi connectivity index (χ2v) is 0.638. The maximum Gasteiger partial charge on any atom is 0.248 e. The Morgan fingerprint density at radius 3 is 2.00 bits per heavy atom. The largest absolute Gasteiger partial charge is 0.250 e. The van der Waals surface area contributed by atoms with E-state index in [9.17, 15) is 13.2 Å². The zero-order valence-electron chi connectivity index (χ0n) is 2.92. The molecular weight excluding hydrogens is 93.0 g/mol. The normalized spacial score (nSPS) is 10.0. The lowest BCUT2D eigenvalue weighted by Gasteiger charge is -1.84. The first-order valence-electron chi connectivity index (χ1n) is 1.35. The molecule has 0 spiro atoms. The minimum Gasteiger partial charge on any atom is -0.250 e. The minimum atomic E-state index is -2.73. The maximum absolute atomic E-state index is 10.7. The maximum atomic E-state index is 10.7. The zero-order valence-corrected chi connectivity index (χ0v) is 2.92. The molecule has 0 saturated carbocycles. The molecule has 2 radical (unpaired) electrons. The van der Waals surface area contributed by atoms with Gasteiger partial charge in [0.15, 0.2) is 0 Å². The van der Waals surface area contributed by atoms with Crippen molar-refractivity contribution in [1.82, 2.24) is 0 Å². The fourth-order valence-electron chi connectivity index (χ4n) is 0.0583. The van der Waals surface area contributed by atoms with Gasteiger partial charge in [-0.05, 0) is 0 Å². The van der Waals surface area contributed by atoms with Gasteiger partial charge in [0.05, 0.1) is 6.42 Å². The van der Waals surface area contributed by atoms with E-state index in [0.29, 0.717) is 0 Å². The molecular formula is C3H3F3. The average Bonchev–Trinajstić information content (AvgIpc) is 1.35. The van der Waals surface area contributed by atoms with Crippen molar-refractivity contribution in [2.24, 2.45) is 0 Å². The second kappa shape index (κ2) is 3.00. The van der Waals surface area contributed by atoms with E-state index >= 15 is 0 Å². The van der Waals surface area contributed by atoms with Crippen LogP contribution in [0.2, 0.25) is 0 Å². The van der Waals surface area contributed by atoms with E-state index in [1.165, 1.54) is 6.42 Å². The number of alkyl halides is 3. The highest BCUT2D eigenvalue weighted by atomic mass is 19.3. The van der Waals surface area contributed by atoms with E-state index in [4.69, 9.17) is 0 Å². The van der Waals surface area contributed by atoms with Crippen LogP contribution in [-0.4, -0.2) is 13.1 Å². The van der Waals surface area contributed by atoms with Gasteiger partial charge in [0.1, 0.15) is 6.67 Å². The van der Waals surface area contributed by atoms with Gasteiger partial charge in [0.25, 0.3) is 0 Å². The lowest BCUT2D eigenvalue weighted by Crippen LogP contribution is -1.90. The molecule has 0 aliphatic rings. The highest BCUT2D eigenvalue weighted by Crippen LogP contribution is 1.95. The molecule has 0 heterocycles. The Balaban J connectivity index is 2.63. The molecule has 0 rings (SSSR count). The summed E-state index contributed by atoms with van der Waals surface area (Å²) < 4.78 is 32.0. The van der Waals surface area contributed by atoms with Crippen molar-refractivity contribution in [1.29, 1.82) is 0 Å². The van der Waals surface area contributed by atoms with Gasteiger partial charge in [-0.25, -0.2) is 8.78 Å². The van der Waals surface area contributed by atoms with Crippen LogP contribution in [0.1, 0.15) is 0 Å². The van der Waals surface area contributed by atoms with E-state index in [-0.39, 0.29) is 0 Å². The standard InChI is InChI=1S/C3H3F3/c4-2-1-3(5)6/h3H,2H2. The predicted molar refractivity (Wildman–Crippen MR) is 15.2 cm³/mol. The van der Waals surface area contributed by atoms with Crippen molar-refractivity contribution < 1.29 is 13.2 Å². The Kier molecular flexibility index (Phi) is 2.89. The first-order valence-corrected chi connectivity index (χ1v) is 1.35. The second-order valence-electron chi connectivity index (χ2n) is 0.638. The summed E-state index contributed by atoms with van der Waals surface area (Å²) in [4.78, 5) is 0. The summed E-state index contributed by atoms with van der Waals surface area (Å²) in [5.41, 5.74) is 0. The summed E-state index contributed by atoms with van der Waals surface area (Å²) in [6.45, 7) is -1.17. The molecule has 0 aliphatic heterocycles. The third-order valence-electron chi connectivity index (χ3n) is 0.231. The highest BCUT2D eigenvalue weighted by molar-refractivity contribution is 4.63. The molecule has 0 unspecified atom stereocenters. The molecule has 0 fully saturated rings. The van der Waals surface area contributed by atoms with Crippen LogP contribution in [0.25, 0.3) is 0 Å². The van der Waals surface area contributed by atoms with Gasteiger partial charge >= 0.3 is 0 Å². The Labute approximate surface area is 34.0 Å². The van der Waals surface area contributed by atoms with Gasteiger partial charge in [-0.3, -0.25) is 4.39 Å². The van der Waals surface area contributed by atoms with Crippen molar-refractivity contribution >= 4 is 0 Å². The molecule has 0 nitrogen and oxygen atoms in total. The van der Waals surface area contributed by atoms with Crippen LogP contribution >= 0.6 is 0 Å². The molecule has 0 bridgehead atoms. The van der Waals surface area contributed by atoms with Crippen molar-refractivity contribution in [2.45, 2.75) is 6.43 Å². The first-order chi connectivity index (χ1) is 2.77. The fourth-order valence-corrected chi connectivity index (χ4v) is 0.0583. The third-order valence-corrected chi connectivity index (χ3v) is 0.231. The van der Waals surface area contributed by atoms with Gasteiger partial charge in [-0.2, -0.15) is 0 Å². The molecule has 0 saturated heterocycles. The Morgan fingerprint density at radius 2 is 2.00 bits per heavy atom. The van der Waals surface area contributed by atoms with Crippen LogP contribution in [0.4, 0.5) is 13.2 Å². The summed E-state index contributed by atoms with van der Waals surface area (Å²) in [5, 5.41) is 0. The molecule has 3 heteroatoms. The Hall–Kier alpha value is -0.210. The van der Waals surface area contributed by atoms with Gasteiger partial charge in [-0.15, -0.1) is 0 Å². The lowest BCUT2D eigenvalue weighted by molar-refractivity contribution is 0.175. The Bertz CT molecular complexity index is 27.2. The molecule has 6 heavy (non-hydrogen) atoms. The molecule has 0 aromatic rings. The molecule has 0 aliphatic carbocycles. The van der Waals surface area contributed by atoms with E-state index in [1.807, 2.05) is 0 Å². The molecule has 36 valence electrons. The quantitative estimate of drug-likeness (QED) is 0.486. The van der Waals surface area contributed by atoms with Crippen LogP contribution < -0.4 is 0 Å². The van der Waals surface area contributed by atoms with Crippen molar-refractivity contribution in [3.05, 3.63) is 6.42 Å². The number of hydrogen-bond donors (Lipinski definition) is 0. The van der Waals surface area contributed by atoms with Gasteiger partial charge in [0, 0.05) is 0 Å². The first kappa shape index (κ1) is 5.79. The zero-order chi connectivity index (χ0) is 4.99. The van der Waals surface area contributed by atoms with Crippen LogP contribution in [0.3, 0.4) is 0 Å². The van der Waals surface area contributed by atoms with Crippen LogP contribution in [-0.2, 0) is 0 Å². The van der Waals surface area contributed by atoms with Crippen molar-refractivity contribution in [2.75, 3.05) is 6.67 Å². The number of rotatable bonds is 2. The average molecular weight is 96.1 g/mol. The van der Waals surface area contributed by atoms with Crippen LogP contribution in [0.15, 0.2) is 0 Å². The summed E-state index contributed by atoms with van der Waals surface area (Å²) in [6, 6.07) is 0. The molecule has 0 aromatic heterocycles. The molecule has 0 aromatic carbocycles. The fraction of sp³-hybridized carbons (Fsp3) is 0.667. The van der Waals surface area contributed by atoms with E-state index in [0.717, 1.165) is 0 Å². The van der Waals surface area contributed by atoms with E-state index in [1.54, 1.807) is 0 Å². The van der Waals surface area contributed by atoms with Gasteiger partial charge in [0.2, 0.25) is 6.43 Å². The van der Waals surface area contributed by atoms with Crippen LogP contribution in [0, 0.1) is 6.42 Å².